The lowest BCUT2D eigenvalue weighted by atomic mass is 10.1. The van der Waals surface area contributed by atoms with E-state index in [1.165, 1.54) is 47.8 Å². The van der Waals surface area contributed by atoms with E-state index in [9.17, 15) is 0 Å². The molecule has 0 radical (unpaired) electrons. The van der Waals surface area contributed by atoms with Crippen LogP contribution < -0.4 is 0 Å². The van der Waals surface area contributed by atoms with Gasteiger partial charge in [-0.2, -0.15) is 0 Å². The minimum Gasteiger partial charge on any atom is -0.135 e. The molecule has 0 amide bonds. The van der Waals surface area contributed by atoms with Crippen molar-refractivity contribution in [3.8, 4) is 0 Å². The zero-order chi connectivity index (χ0) is 33.8. The summed E-state index contributed by atoms with van der Waals surface area (Å²) in [5, 5.41) is 0. The van der Waals surface area contributed by atoms with Crippen molar-refractivity contribution >= 4 is 95.5 Å². The molecule has 0 saturated carbocycles. The minimum absolute atomic E-state index is 1.08. The fourth-order valence-corrected chi connectivity index (χ4v) is 15.1. The van der Waals surface area contributed by atoms with Gasteiger partial charge in [-0.3, -0.25) is 0 Å². The first-order chi connectivity index (χ1) is 24.2. The van der Waals surface area contributed by atoms with Crippen molar-refractivity contribution in [2.45, 2.75) is 51.4 Å². The van der Waals surface area contributed by atoms with E-state index in [2.05, 4.69) is 124 Å². The third-order valence-corrected chi connectivity index (χ3v) is 17.7. The van der Waals surface area contributed by atoms with Gasteiger partial charge < -0.3 is 0 Å². The molecular formula is C40H45NS8. The molecule has 0 saturated heterocycles. The third kappa shape index (κ3) is 15.3. The molecular weight excluding hydrogens is 751 g/mol. The number of nitrogens with zero attached hydrogens (tertiary/aromatic N) is 1. The molecule has 0 atom stereocenters. The summed E-state index contributed by atoms with van der Waals surface area (Å²) in [5.41, 5.74) is 5.69. The average Bonchev–Trinajstić information content (AvgIpc) is 3.54. The predicted molar refractivity (Wildman–Crippen MR) is 237 cm³/mol. The van der Waals surface area contributed by atoms with Crippen molar-refractivity contribution in [1.82, 2.24) is 3.12 Å². The van der Waals surface area contributed by atoms with Gasteiger partial charge in [-0.25, -0.2) is 0 Å². The molecule has 4 aromatic carbocycles. The summed E-state index contributed by atoms with van der Waals surface area (Å²) in [6.07, 6.45) is 9.16. The molecule has 49 heavy (non-hydrogen) atoms. The van der Waals surface area contributed by atoms with Crippen LogP contribution in [0.4, 0.5) is 0 Å². The van der Waals surface area contributed by atoms with Crippen molar-refractivity contribution in [1.29, 1.82) is 0 Å². The second-order valence-electron chi connectivity index (χ2n) is 11.4. The quantitative estimate of drug-likeness (QED) is 0.0470. The molecule has 9 heteroatoms. The van der Waals surface area contributed by atoms with Gasteiger partial charge in [0.15, 0.2) is 0 Å². The second kappa shape index (κ2) is 23.6. The van der Waals surface area contributed by atoms with E-state index in [1.54, 1.807) is 0 Å². The van der Waals surface area contributed by atoms with E-state index >= 15 is 0 Å². The summed E-state index contributed by atoms with van der Waals surface area (Å²) >= 11 is 18.8. The van der Waals surface area contributed by atoms with Gasteiger partial charge in [-0.15, -0.1) is 62.8 Å². The molecule has 0 fully saturated rings. The van der Waals surface area contributed by atoms with Crippen molar-refractivity contribution in [2.75, 3.05) is 23.0 Å². The van der Waals surface area contributed by atoms with Crippen LogP contribution in [0.25, 0.3) is 0 Å². The molecule has 0 unspecified atom stereocenters. The van der Waals surface area contributed by atoms with Crippen molar-refractivity contribution in [3.63, 3.8) is 0 Å². The Labute approximate surface area is 330 Å². The first kappa shape index (κ1) is 39.3. The first-order valence-electron chi connectivity index (χ1n) is 16.9. The van der Waals surface area contributed by atoms with Gasteiger partial charge in [0.25, 0.3) is 0 Å². The van der Waals surface area contributed by atoms with Gasteiger partial charge in [0, 0.05) is 0 Å². The molecule has 0 spiro atoms. The van der Waals surface area contributed by atoms with Crippen molar-refractivity contribution in [3.05, 3.63) is 161 Å². The van der Waals surface area contributed by atoms with Gasteiger partial charge in [0.1, 0.15) is 0 Å². The fraction of sp³-hybridized carbons (Fsp3) is 0.300. The van der Waals surface area contributed by atoms with E-state index < -0.39 is 0 Å². The maximum atomic E-state index is 5.11. The Morgan fingerprint density at radius 1 is 0.469 bits per heavy atom. The summed E-state index contributed by atoms with van der Waals surface area (Å²) in [7, 11) is 0. The molecule has 258 valence electrons. The van der Waals surface area contributed by atoms with Crippen LogP contribution in [0.1, 0.15) is 47.9 Å². The Hall–Kier alpha value is -0.880. The molecule has 0 aromatic heterocycles. The topological polar surface area (TPSA) is 3.24 Å². The molecule has 4 aromatic rings. The Bertz CT molecular complexity index is 1490. The highest BCUT2D eigenvalue weighted by Crippen LogP contribution is 2.59. The van der Waals surface area contributed by atoms with Crippen LogP contribution in [0.5, 0.6) is 0 Å². The van der Waals surface area contributed by atoms with Crippen LogP contribution in [-0.2, 0) is 25.7 Å². The first-order valence-corrected chi connectivity index (χ1v) is 23.6. The number of hydrogen-bond donors (Lipinski definition) is 1. The molecule has 0 N–H and O–H groups in total. The van der Waals surface area contributed by atoms with E-state index in [-0.39, 0.29) is 0 Å². The number of hydrogen-bond acceptors (Lipinski definition) is 9. The molecule has 5 rings (SSSR count). The van der Waals surface area contributed by atoms with E-state index in [0.717, 1.165) is 65.8 Å². The lowest BCUT2D eigenvalue weighted by Gasteiger charge is -2.16. The summed E-state index contributed by atoms with van der Waals surface area (Å²) in [6, 6.07) is 43.5. The van der Waals surface area contributed by atoms with E-state index in [1.807, 2.05) is 82.9 Å². The molecule has 1 nitrogen and oxygen atoms in total. The maximum Gasteiger partial charge on any atom is 0.0790 e. The minimum atomic E-state index is 1.08. The predicted octanol–water partition coefficient (Wildman–Crippen LogP) is 13.9. The molecule has 1 aliphatic rings. The largest absolute Gasteiger partial charge is 0.135 e. The molecule has 0 aliphatic carbocycles. The average molecular weight is 796 g/mol. The van der Waals surface area contributed by atoms with E-state index in [4.69, 9.17) is 12.6 Å². The van der Waals surface area contributed by atoms with Crippen LogP contribution in [-0.4, -0.2) is 26.1 Å². The van der Waals surface area contributed by atoms with Crippen LogP contribution in [0.3, 0.4) is 0 Å². The van der Waals surface area contributed by atoms with Crippen LogP contribution in [0.15, 0.2) is 138 Å². The molecule has 1 heterocycles. The molecule has 1 aliphatic heterocycles. The van der Waals surface area contributed by atoms with Gasteiger partial charge >= 0.3 is 0 Å². The highest BCUT2D eigenvalue weighted by molar-refractivity contribution is 8.42. The van der Waals surface area contributed by atoms with Gasteiger partial charge in [-0.05, 0) is 132 Å². The highest BCUT2D eigenvalue weighted by atomic mass is 32.3. The number of benzene rings is 4. The zero-order valence-corrected chi connectivity index (χ0v) is 34.4. The Balaban J connectivity index is 1.17. The van der Waals surface area contributed by atoms with Crippen molar-refractivity contribution in [2.24, 2.45) is 0 Å². The number of thiol groups is 1. The summed E-state index contributed by atoms with van der Waals surface area (Å²) in [4.78, 5) is 0. The second-order valence-corrected chi connectivity index (χ2v) is 20.9. The standard InChI is InChI=1S/C40H45NS8/c42-37(43-29-13-25-33-17-5-1-6-18-33)38(44-30-14-26-34-19-7-2-8-20-34)47-41-48-39(45-31-15-27-35-21-9-3-10-22-35)40(49-41)46-32-16-28-36-23-11-4-12-24-36/h1-12,17-24,42H,13-16,25-32H2/b38-37+. The van der Waals surface area contributed by atoms with Crippen LogP contribution in [0, 0.1) is 0 Å². The number of thioether (sulfide) groups is 4. The van der Waals surface area contributed by atoms with Crippen LogP contribution >= 0.6 is 95.5 Å². The normalized spacial score (nSPS) is 14.0. The highest BCUT2D eigenvalue weighted by Gasteiger charge is 2.28. The van der Waals surface area contributed by atoms with Gasteiger partial charge in [0.05, 0.1) is 16.9 Å². The summed E-state index contributed by atoms with van der Waals surface area (Å²) in [6.45, 7) is 0. The lowest BCUT2D eigenvalue weighted by molar-refractivity contribution is 0.934. The monoisotopic (exact) mass is 795 g/mol. The zero-order valence-electron chi connectivity index (χ0n) is 27.8. The Morgan fingerprint density at radius 3 is 1.20 bits per heavy atom. The Morgan fingerprint density at radius 2 is 0.816 bits per heavy atom. The lowest BCUT2D eigenvalue weighted by Crippen LogP contribution is -1.94. The molecule has 0 bridgehead atoms. The van der Waals surface area contributed by atoms with Crippen LogP contribution in [0.2, 0.25) is 0 Å². The van der Waals surface area contributed by atoms with Gasteiger partial charge in [-0.1, -0.05) is 121 Å². The SMILES string of the molecule is S/C(SCCCc1ccccc1)=C(/SCCCc1ccccc1)SN1SC(SCCCc2ccccc2)=C(SCCCc2ccccc2)S1. The summed E-state index contributed by atoms with van der Waals surface area (Å²) in [5.74, 6) is 4.43. The fourth-order valence-electron chi connectivity index (χ4n) is 5.04. The van der Waals surface area contributed by atoms with Gasteiger partial charge in [0.2, 0.25) is 0 Å². The maximum absolute atomic E-state index is 5.11. The smallest absolute Gasteiger partial charge is 0.0790 e. The van der Waals surface area contributed by atoms with Crippen molar-refractivity contribution < 1.29 is 0 Å². The summed E-state index contributed by atoms with van der Waals surface area (Å²) < 4.78 is 7.83. The van der Waals surface area contributed by atoms with E-state index in [0.29, 0.717) is 0 Å². The number of aryl methyl sites for hydroxylation is 4. The third-order valence-electron chi connectivity index (χ3n) is 7.56. The Kier molecular flexibility index (Phi) is 19.0. The number of rotatable bonds is 22.